The van der Waals surface area contributed by atoms with E-state index in [1.54, 1.807) is 0 Å². The van der Waals surface area contributed by atoms with Crippen molar-refractivity contribution < 1.29 is 9.90 Å². The lowest BCUT2D eigenvalue weighted by Gasteiger charge is -2.05. The fraction of sp³-hybridized carbons (Fsp3) is 0.650. The molecule has 2 nitrogen and oxygen atoms in total. The van der Waals surface area contributed by atoms with Gasteiger partial charge in [0.05, 0.1) is 0 Å². The highest BCUT2D eigenvalue weighted by atomic mass is 16.4. The number of aliphatic carboxylic acids is 1. The zero-order valence-corrected chi connectivity index (χ0v) is 14.2. The topological polar surface area (TPSA) is 37.3 Å². The van der Waals surface area contributed by atoms with Gasteiger partial charge in [0.2, 0.25) is 0 Å². The first-order valence-electron chi connectivity index (χ1n) is 9.02. The summed E-state index contributed by atoms with van der Waals surface area (Å²) in [5, 5.41) is 8.59. The summed E-state index contributed by atoms with van der Waals surface area (Å²) >= 11 is 0. The minimum absolute atomic E-state index is 0.303. The molecule has 0 aliphatic rings. The molecule has 0 aliphatic heterocycles. The molecule has 124 valence electrons. The maximum atomic E-state index is 10.4. The molecule has 0 aliphatic carbocycles. The van der Waals surface area contributed by atoms with E-state index >= 15 is 0 Å². The van der Waals surface area contributed by atoms with E-state index in [-0.39, 0.29) is 0 Å². The van der Waals surface area contributed by atoms with Crippen LogP contribution in [0.15, 0.2) is 24.3 Å². The van der Waals surface area contributed by atoms with Crippen LogP contribution < -0.4 is 0 Å². The van der Waals surface area contributed by atoms with Crippen LogP contribution in [0, 0.1) is 0 Å². The van der Waals surface area contributed by atoms with Gasteiger partial charge in [-0.25, -0.2) is 0 Å². The number of rotatable bonds is 13. The minimum atomic E-state index is -0.681. The second kappa shape index (κ2) is 12.3. The van der Waals surface area contributed by atoms with Crippen LogP contribution in [0.1, 0.15) is 82.3 Å². The van der Waals surface area contributed by atoms with Gasteiger partial charge in [0.25, 0.3) is 0 Å². The van der Waals surface area contributed by atoms with E-state index in [1.165, 1.54) is 56.1 Å². The maximum Gasteiger partial charge on any atom is 0.303 e. The average molecular weight is 304 g/mol. The third-order valence-corrected chi connectivity index (χ3v) is 4.20. The van der Waals surface area contributed by atoms with Crippen molar-refractivity contribution in [1.29, 1.82) is 0 Å². The van der Waals surface area contributed by atoms with Crippen LogP contribution in [-0.4, -0.2) is 11.1 Å². The molecule has 1 rings (SSSR count). The zero-order chi connectivity index (χ0) is 16.0. The van der Waals surface area contributed by atoms with Gasteiger partial charge in [0.15, 0.2) is 0 Å². The third-order valence-electron chi connectivity index (χ3n) is 4.20. The largest absolute Gasteiger partial charge is 0.481 e. The van der Waals surface area contributed by atoms with Gasteiger partial charge < -0.3 is 5.11 Å². The van der Waals surface area contributed by atoms with E-state index in [1.807, 2.05) is 0 Å². The van der Waals surface area contributed by atoms with E-state index in [0.29, 0.717) is 6.42 Å². The highest BCUT2D eigenvalue weighted by Crippen LogP contribution is 2.13. The van der Waals surface area contributed by atoms with Gasteiger partial charge in [0, 0.05) is 6.42 Å². The first-order chi connectivity index (χ1) is 10.7. The lowest BCUT2D eigenvalue weighted by molar-refractivity contribution is -0.137. The van der Waals surface area contributed by atoms with Crippen LogP contribution in [0.5, 0.6) is 0 Å². The normalized spacial score (nSPS) is 10.8. The Bertz CT molecular complexity index is 395. The summed E-state index contributed by atoms with van der Waals surface area (Å²) in [5.41, 5.74) is 2.83. The van der Waals surface area contributed by atoms with Crippen molar-refractivity contribution in [2.45, 2.75) is 84.0 Å². The fourth-order valence-corrected chi connectivity index (χ4v) is 2.76. The number of aryl methyl sites for hydroxylation is 2. The summed E-state index contributed by atoms with van der Waals surface area (Å²) in [5.74, 6) is -0.681. The molecule has 0 spiro atoms. The Hall–Kier alpha value is -1.31. The number of hydrogen-bond acceptors (Lipinski definition) is 1. The molecule has 1 aromatic rings. The summed E-state index contributed by atoms with van der Waals surface area (Å²) in [6.45, 7) is 2.26. The van der Waals surface area contributed by atoms with Gasteiger partial charge in [0.1, 0.15) is 0 Å². The number of carbonyl (C=O) groups is 1. The Labute approximate surface area is 135 Å². The predicted octanol–water partition coefficient (Wildman–Crippen LogP) is 5.78. The lowest BCUT2D eigenvalue weighted by atomic mass is 10.0. The van der Waals surface area contributed by atoms with E-state index in [0.717, 1.165) is 25.7 Å². The molecule has 0 unspecified atom stereocenters. The standard InChI is InChI=1S/C20H32O2/c1-2-3-4-5-6-8-11-18-14-16-19(17-15-18)12-9-7-10-13-20(21)22/h14-17H,2-13H2,1H3,(H,21,22). The van der Waals surface area contributed by atoms with Crippen molar-refractivity contribution in [1.82, 2.24) is 0 Å². The van der Waals surface area contributed by atoms with E-state index in [9.17, 15) is 4.79 Å². The van der Waals surface area contributed by atoms with Gasteiger partial charge in [-0.2, -0.15) is 0 Å². The van der Waals surface area contributed by atoms with Gasteiger partial charge in [-0.3, -0.25) is 4.79 Å². The van der Waals surface area contributed by atoms with Crippen LogP contribution >= 0.6 is 0 Å². The zero-order valence-electron chi connectivity index (χ0n) is 14.2. The van der Waals surface area contributed by atoms with Crippen molar-refractivity contribution in [3.8, 4) is 0 Å². The smallest absolute Gasteiger partial charge is 0.303 e. The number of carboxylic acid groups (broad SMARTS) is 1. The molecule has 0 radical (unpaired) electrons. The molecule has 2 heteroatoms. The number of hydrogen-bond donors (Lipinski definition) is 1. The predicted molar refractivity (Wildman–Crippen MR) is 93.3 cm³/mol. The summed E-state index contributed by atoms with van der Waals surface area (Å²) in [4.78, 5) is 10.4. The molecule has 0 bridgehead atoms. The molecule has 0 saturated heterocycles. The van der Waals surface area contributed by atoms with Crippen molar-refractivity contribution in [3.63, 3.8) is 0 Å². The monoisotopic (exact) mass is 304 g/mol. The quantitative estimate of drug-likeness (QED) is 0.469. The van der Waals surface area contributed by atoms with Crippen LogP contribution in [0.25, 0.3) is 0 Å². The van der Waals surface area contributed by atoms with Gasteiger partial charge in [-0.05, 0) is 43.2 Å². The number of carboxylic acids is 1. The van der Waals surface area contributed by atoms with Crippen LogP contribution in [0.3, 0.4) is 0 Å². The molecule has 0 atom stereocenters. The summed E-state index contributed by atoms with van der Waals surface area (Å²) in [6.07, 6.45) is 13.6. The molecular formula is C20H32O2. The third kappa shape index (κ3) is 9.59. The molecule has 0 amide bonds. The molecule has 0 heterocycles. The lowest BCUT2D eigenvalue weighted by Crippen LogP contribution is -1.94. The Kier molecular flexibility index (Phi) is 10.4. The molecule has 0 fully saturated rings. The minimum Gasteiger partial charge on any atom is -0.481 e. The van der Waals surface area contributed by atoms with Gasteiger partial charge in [-0.15, -0.1) is 0 Å². The average Bonchev–Trinajstić information content (AvgIpc) is 2.51. The van der Waals surface area contributed by atoms with E-state index in [4.69, 9.17) is 5.11 Å². The molecule has 1 N–H and O–H groups in total. The van der Waals surface area contributed by atoms with Crippen molar-refractivity contribution >= 4 is 5.97 Å². The summed E-state index contributed by atoms with van der Waals surface area (Å²) in [7, 11) is 0. The van der Waals surface area contributed by atoms with Gasteiger partial charge >= 0.3 is 5.97 Å². The highest BCUT2D eigenvalue weighted by Gasteiger charge is 1.99. The second-order valence-electron chi connectivity index (χ2n) is 6.29. The first-order valence-corrected chi connectivity index (χ1v) is 9.02. The van der Waals surface area contributed by atoms with E-state index < -0.39 is 5.97 Å². The Balaban J connectivity index is 2.10. The Morgan fingerprint density at radius 1 is 0.773 bits per heavy atom. The van der Waals surface area contributed by atoms with Crippen LogP contribution in [0.2, 0.25) is 0 Å². The summed E-state index contributed by atoms with van der Waals surface area (Å²) in [6, 6.07) is 9.00. The molecule has 22 heavy (non-hydrogen) atoms. The van der Waals surface area contributed by atoms with Gasteiger partial charge in [-0.1, -0.05) is 69.7 Å². The van der Waals surface area contributed by atoms with Crippen molar-refractivity contribution in [3.05, 3.63) is 35.4 Å². The first kappa shape index (κ1) is 18.7. The number of unbranched alkanes of at least 4 members (excludes halogenated alkanes) is 7. The molecule has 1 aromatic carbocycles. The molecule has 0 aromatic heterocycles. The van der Waals surface area contributed by atoms with E-state index in [2.05, 4.69) is 31.2 Å². The van der Waals surface area contributed by atoms with Crippen molar-refractivity contribution in [2.75, 3.05) is 0 Å². The number of benzene rings is 1. The summed E-state index contributed by atoms with van der Waals surface area (Å²) < 4.78 is 0. The fourth-order valence-electron chi connectivity index (χ4n) is 2.76. The molecule has 0 saturated carbocycles. The van der Waals surface area contributed by atoms with Crippen molar-refractivity contribution in [2.24, 2.45) is 0 Å². The Morgan fingerprint density at radius 3 is 1.73 bits per heavy atom. The maximum absolute atomic E-state index is 10.4. The SMILES string of the molecule is CCCCCCCCc1ccc(CCCCCC(=O)O)cc1. The second-order valence-corrected chi connectivity index (χ2v) is 6.29. The molecular weight excluding hydrogens is 272 g/mol. The highest BCUT2D eigenvalue weighted by molar-refractivity contribution is 5.66. The van der Waals surface area contributed by atoms with Crippen LogP contribution in [-0.2, 0) is 17.6 Å². The van der Waals surface area contributed by atoms with Crippen LogP contribution in [0.4, 0.5) is 0 Å². The Morgan fingerprint density at radius 2 is 1.23 bits per heavy atom.